The van der Waals surface area contributed by atoms with Gasteiger partial charge >= 0.3 is 0 Å². The maximum Gasteiger partial charge on any atom is 0.234 e. The van der Waals surface area contributed by atoms with E-state index in [1.165, 1.54) is 38.5 Å². The van der Waals surface area contributed by atoms with E-state index < -0.39 is 0 Å². The molecule has 0 aromatic carbocycles. The average Bonchev–Trinajstić information content (AvgIpc) is 2.82. The number of likely N-dealkylation sites (tertiary alicyclic amines) is 1. The first-order valence-electron chi connectivity index (χ1n) is 9.05. The van der Waals surface area contributed by atoms with Crippen LogP contribution in [0.5, 0.6) is 0 Å². The summed E-state index contributed by atoms with van der Waals surface area (Å²) >= 11 is 0. The topological polar surface area (TPSA) is 81.6 Å². The van der Waals surface area contributed by atoms with Crippen LogP contribution >= 0.6 is 0 Å². The highest BCUT2D eigenvalue weighted by Crippen LogP contribution is 2.25. The van der Waals surface area contributed by atoms with Crippen LogP contribution in [0, 0.1) is 5.92 Å². The van der Waals surface area contributed by atoms with E-state index in [1.807, 2.05) is 18.7 Å². The van der Waals surface area contributed by atoms with Gasteiger partial charge in [0.25, 0.3) is 0 Å². The predicted molar refractivity (Wildman–Crippen MR) is 90.3 cm³/mol. The van der Waals surface area contributed by atoms with Crippen LogP contribution in [0.1, 0.15) is 65.2 Å². The quantitative estimate of drug-likeness (QED) is 0.737. The van der Waals surface area contributed by atoms with Crippen molar-refractivity contribution in [1.82, 2.24) is 4.90 Å². The van der Waals surface area contributed by atoms with Gasteiger partial charge in [-0.1, -0.05) is 39.5 Å². The lowest BCUT2D eigenvalue weighted by atomic mass is 9.93. The molecule has 5 heteroatoms. The van der Waals surface area contributed by atoms with Gasteiger partial charge in [-0.2, -0.15) is 0 Å². The molecule has 1 aliphatic carbocycles. The summed E-state index contributed by atoms with van der Waals surface area (Å²) in [4.78, 5) is 13.3. The third-order valence-corrected chi connectivity index (χ3v) is 4.76. The molecule has 0 radical (unpaired) electrons. The van der Waals surface area contributed by atoms with Gasteiger partial charge in [0.15, 0.2) is 0 Å². The fraction of sp³-hybridized carbons (Fsp3) is 0.941. The molecule has 1 amide bonds. The van der Waals surface area contributed by atoms with Crippen molar-refractivity contribution in [3.8, 4) is 0 Å². The van der Waals surface area contributed by atoms with Gasteiger partial charge < -0.3 is 16.2 Å². The van der Waals surface area contributed by atoms with Gasteiger partial charge in [0.05, 0.1) is 19.4 Å². The van der Waals surface area contributed by atoms with Crippen molar-refractivity contribution in [2.75, 3.05) is 19.9 Å². The third-order valence-electron chi connectivity index (χ3n) is 4.76. The fourth-order valence-corrected chi connectivity index (χ4v) is 3.48. The summed E-state index contributed by atoms with van der Waals surface area (Å²) in [6.07, 6.45) is 9.63. The standard InChI is InChI=1S/C15H29N3O2.C2H6/c16-13(12-6-3-1-2-4-7-12)10-20-11-18-9-5-8-14(18)15(17)19;1-2/h12-14H,1-11,16H2,(H2,17,19);1-2H3/t13-,14+;/m1./s1. The van der Waals surface area contributed by atoms with Crippen molar-refractivity contribution in [2.24, 2.45) is 17.4 Å². The lowest BCUT2D eigenvalue weighted by Gasteiger charge is -2.25. The van der Waals surface area contributed by atoms with Crippen molar-refractivity contribution in [3.05, 3.63) is 0 Å². The molecule has 2 rings (SSSR count). The normalized spacial score (nSPS) is 25.1. The molecule has 130 valence electrons. The number of amides is 1. The Kier molecular flexibility index (Phi) is 9.68. The number of carbonyl (C=O) groups is 1. The zero-order valence-electron chi connectivity index (χ0n) is 14.4. The van der Waals surface area contributed by atoms with E-state index in [-0.39, 0.29) is 18.0 Å². The number of ether oxygens (including phenoxy) is 1. The number of rotatable bonds is 6. The molecule has 0 bridgehead atoms. The largest absolute Gasteiger partial charge is 0.368 e. The Bertz CT molecular complexity index is 304. The lowest BCUT2D eigenvalue weighted by Crippen LogP contribution is -2.43. The highest BCUT2D eigenvalue weighted by molar-refractivity contribution is 5.80. The molecule has 1 saturated heterocycles. The van der Waals surface area contributed by atoms with Crippen LogP contribution in [-0.4, -0.2) is 42.8 Å². The maximum atomic E-state index is 11.3. The average molecular weight is 313 g/mol. The molecule has 0 aromatic heterocycles. The van der Waals surface area contributed by atoms with Crippen LogP contribution in [0.3, 0.4) is 0 Å². The maximum absolute atomic E-state index is 11.3. The van der Waals surface area contributed by atoms with Gasteiger partial charge in [-0.05, 0) is 31.6 Å². The summed E-state index contributed by atoms with van der Waals surface area (Å²) < 4.78 is 5.75. The van der Waals surface area contributed by atoms with Gasteiger partial charge in [-0.3, -0.25) is 9.69 Å². The van der Waals surface area contributed by atoms with Crippen molar-refractivity contribution in [2.45, 2.75) is 77.3 Å². The molecular formula is C17H35N3O2. The molecule has 0 spiro atoms. The smallest absolute Gasteiger partial charge is 0.234 e. The van der Waals surface area contributed by atoms with Crippen LogP contribution in [0.15, 0.2) is 0 Å². The van der Waals surface area contributed by atoms with Crippen molar-refractivity contribution >= 4 is 5.91 Å². The Morgan fingerprint density at radius 3 is 2.36 bits per heavy atom. The van der Waals surface area contributed by atoms with Gasteiger partial charge in [-0.25, -0.2) is 0 Å². The zero-order chi connectivity index (χ0) is 16.4. The minimum atomic E-state index is -0.237. The Hall–Kier alpha value is -0.650. The summed E-state index contributed by atoms with van der Waals surface area (Å²) in [5.74, 6) is 0.363. The van der Waals surface area contributed by atoms with E-state index >= 15 is 0 Å². The summed E-state index contributed by atoms with van der Waals surface area (Å²) in [6, 6.07) is -0.0214. The molecule has 5 nitrogen and oxygen atoms in total. The Balaban J connectivity index is 0.00000116. The molecule has 4 N–H and O–H groups in total. The zero-order valence-corrected chi connectivity index (χ0v) is 14.4. The van der Waals surface area contributed by atoms with E-state index in [1.54, 1.807) is 0 Å². The third kappa shape index (κ3) is 6.23. The molecule has 1 saturated carbocycles. The molecule has 2 aliphatic rings. The number of primary amides is 1. The molecule has 2 fully saturated rings. The highest BCUT2D eigenvalue weighted by Gasteiger charge is 2.29. The number of hydrogen-bond acceptors (Lipinski definition) is 4. The second-order valence-electron chi connectivity index (χ2n) is 6.29. The summed E-state index contributed by atoms with van der Waals surface area (Å²) in [6.45, 7) is 5.97. The van der Waals surface area contributed by atoms with Gasteiger partial charge in [-0.15, -0.1) is 0 Å². The lowest BCUT2D eigenvalue weighted by molar-refractivity contribution is -0.124. The first-order chi connectivity index (χ1) is 10.7. The minimum Gasteiger partial charge on any atom is -0.368 e. The van der Waals surface area contributed by atoms with Crippen LogP contribution < -0.4 is 11.5 Å². The van der Waals surface area contributed by atoms with Gasteiger partial charge in [0.1, 0.15) is 0 Å². The SMILES string of the molecule is CC.NC(=O)[C@@H]1CCCN1COC[C@@H](N)C1CCCCCC1. The van der Waals surface area contributed by atoms with E-state index in [4.69, 9.17) is 16.2 Å². The highest BCUT2D eigenvalue weighted by atomic mass is 16.5. The molecule has 0 aromatic rings. The van der Waals surface area contributed by atoms with Crippen molar-refractivity contribution in [1.29, 1.82) is 0 Å². The van der Waals surface area contributed by atoms with Crippen molar-refractivity contribution in [3.63, 3.8) is 0 Å². The number of carbonyl (C=O) groups excluding carboxylic acids is 1. The van der Waals surface area contributed by atoms with Gasteiger partial charge in [0.2, 0.25) is 5.91 Å². The summed E-state index contributed by atoms with van der Waals surface area (Å²) in [5.41, 5.74) is 11.7. The van der Waals surface area contributed by atoms with Crippen LogP contribution in [0.4, 0.5) is 0 Å². The second-order valence-corrected chi connectivity index (χ2v) is 6.29. The summed E-state index contributed by atoms with van der Waals surface area (Å²) in [5, 5.41) is 0. The first-order valence-corrected chi connectivity index (χ1v) is 9.05. The molecular weight excluding hydrogens is 278 g/mol. The Morgan fingerprint density at radius 1 is 1.14 bits per heavy atom. The Morgan fingerprint density at radius 2 is 1.77 bits per heavy atom. The second kappa shape index (κ2) is 11.0. The van der Waals surface area contributed by atoms with Crippen LogP contribution in [-0.2, 0) is 9.53 Å². The number of hydrogen-bond donors (Lipinski definition) is 2. The first kappa shape index (κ1) is 19.4. The van der Waals surface area contributed by atoms with Crippen LogP contribution in [0.2, 0.25) is 0 Å². The molecule has 1 heterocycles. The van der Waals surface area contributed by atoms with E-state index in [0.29, 0.717) is 19.3 Å². The predicted octanol–water partition coefficient (Wildman–Crippen LogP) is 2.23. The van der Waals surface area contributed by atoms with Crippen LogP contribution in [0.25, 0.3) is 0 Å². The fourth-order valence-electron chi connectivity index (χ4n) is 3.48. The number of nitrogens with two attached hydrogens (primary N) is 2. The minimum absolute atomic E-state index is 0.128. The Labute approximate surface area is 135 Å². The molecule has 2 atom stereocenters. The summed E-state index contributed by atoms with van der Waals surface area (Å²) in [7, 11) is 0. The molecule has 1 aliphatic heterocycles. The monoisotopic (exact) mass is 313 g/mol. The van der Waals surface area contributed by atoms with E-state index in [9.17, 15) is 4.79 Å². The van der Waals surface area contributed by atoms with E-state index in [2.05, 4.69) is 0 Å². The molecule has 0 unspecified atom stereocenters. The van der Waals surface area contributed by atoms with Crippen molar-refractivity contribution < 1.29 is 9.53 Å². The van der Waals surface area contributed by atoms with Gasteiger partial charge in [0, 0.05) is 12.6 Å². The van der Waals surface area contributed by atoms with E-state index in [0.717, 1.165) is 19.4 Å². The molecule has 22 heavy (non-hydrogen) atoms. The number of nitrogens with zero attached hydrogens (tertiary/aromatic N) is 1.